The van der Waals surface area contributed by atoms with E-state index >= 15 is 0 Å². The molecule has 48 heavy (non-hydrogen) atoms. The summed E-state index contributed by atoms with van der Waals surface area (Å²) in [5.41, 5.74) is 8.97. The molecular formula is C40H24N6O2. The minimum Gasteiger partial charge on any atom is -0.436 e. The molecule has 4 aromatic heterocycles. The monoisotopic (exact) mass is 620 g/mol. The molecule has 9 aromatic rings. The number of pyridine rings is 1. The molecular weight excluding hydrogens is 596 g/mol. The lowest BCUT2D eigenvalue weighted by molar-refractivity contribution is 0.619. The van der Waals surface area contributed by atoms with Gasteiger partial charge in [-0.1, -0.05) is 84.9 Å². The second-order valence-electron chi connectivity index (χ2n) is 11.2. The Kier molecular flexibility index (Phi) is 6.61. The molecule has 9 rings (SSSR count). The molecule has 4 heterocycles. The van der Waals surface area contributed by atoms with E-state index in [1.54, 1.807) is 0 Å². The normalized spacial score (nSPS) is 11.3. The van der Waals surface area contributed by atoms with Crippen molar-refractivity contribution < 1.29 is 8.83 Å². The number of para-hydroxylation sites is 4. The first-order valence-electron chi connectivity index (χ1n) is 15.5. The van der Waals surface area contributed by atoms with Gasteiger partial charge in [-0.2, -0.15) is 0 Å². The topological polar surface area (TPSA) is 104 Å². The molecule has 0 fully saturated rings. The number of benzene rings is 5. The first-order chi connectivity index (χ1) is 23.7. The molecule has 0 bridgehead atoms. The van der Waals surface area contributed by atoms with E-state index < -0.39 is 0 Å². The maximum absolute atomic E-state index is 5.99. The Bertz CT molecular complexity index is 2360. The molecule has 0 saturated carbocycles. The van der Waals surface area contributed by atoms with Crippen LogP contribution < -0.4 is 0 Å². The fraction of sp³-hybridized carbons (Fsp3) is 0. The van der Waals surface area contributed by atoms with Crippen molar-refractivity contribution in [2.45, 2.75) is 0 Å². The third-order valence-corrected chi connectivity index (χ3v) is 8.05. The van der Waals surface area contributed by atoms with Crippen LogP contribution in [0.15, 0.2) is 154 Å². The Hall–Kier alpha value is -6.80. The lowest BCUT2D eigenvalue weighted by Crippen LogP contribution is -2.01. The molecule has 8 nitrogen and oxygen atoms in total. The summed E-state index contributed by atoms with van der Waals surface area (Å²) in [5, 5.41) is 0. The summed E-state index contributed by atoms with van der Waals surface area (Å²) < 4.78 is 12.0. The number of aromatic nitrogens is 6. The van der Waals surface area contributed by atoms with Crippen LogP contribution in [0.1, 0.15) is 0 Å². The Morgan fingerprint density at radius 2 is 0.750 bits per heavy atom. The highest BCUT2D eigenvalue weighted by atomic mass is 16.4. The summed E-state index contributed by atoms with van der Waals surface area (Å²) in [4.78, 5) is 29.0. The number of nitrogens with zero attached hydrogens (tertiary/aromatic N) is 6. The summed E-state index contributed by atoms with van der Waals surface area (Å²) in [6.45, 7) is 0. The Balaban J connectivity index is 1.12. The van der Waals surface area contributed by atoms with E-state index in [-0.39, 0.29) is 0 Å². The fourth-order valence-corrected chi connectivity index (χ4v) is 5.59. The molecule has 0 atom stereocenters. The van der Waals surface area contributed by atoms with Gasteiger partial charge in [0.1, 0.15) is 16.7 Å². The van der Waals surface area contributed by atoms with Crippen LogP contribution in [0.5, 0.6) is 0 Å². The molecule has 5 aromatic carbocycles. The van der Waals surface area contributed by atoms with Crippen LogP contribution in [-0.2, 0) is 0 Å². The molecule has 226 valence electrons. The Morgan fingerprint density at radius 3 is 1.29 bits per heavy atom. The number of rotatable bonds is 6. The van der Waals surface area contributed by atoms with Crippen molar-refractivity contribution in [3.8, 4) is 68.5 Å². The quantitative estimate of drug-likeness (QED) is 0.181. The zero-order valence-electron chi connectivity index (χ0n) is 25.4. The molecule has 8 heteroatoms. The number of hydrogen-bond donors (Lipinski definition) is 0. The van der Waals surface area contributed by atoms with E-state index in [1.165, 1.54) is 0 Å². The summed E-state index contributed by atoms with van der Waals surface area (Å²) in [6.07, 6.45) is 0. The van der Waals surface area contributed by atoms with Gasteiger partial charge in [0.05, 0.1) is 5.69 Å². The average molecular weight is 621 g/mol. The van der Waals surface area contributed by atoms with Gasteiger partial charge in [-0.05, 0) is 60.7 Å². The van der Waals surface area contributed by atoms with E-state index in [1.807, 2.05) is 146 Å². The van der Waals surface area contributed by atoms with Crippen molar-refractivity contribution in [2.24, 2.45) is 0 Å². The van der Waals surface area contributed by atoms with Crippen molar-refractivity contribution in [1.82, 2.24) is 29.9 Å². The number of fused-ring (bicyclic) bond motifs is 2. The highest BCUT2D eigenvalue weighted by Gasteiger charge is 2.16. The molecule has 0 amide bonds. The highest BCUT2D eigenvalue weighted by molar-refractivity contribution is 5.78. The van der Waals surface area contributed by atoms with E-state index in [2.05, 4.69) is 9.97 Å². The largest absolute Gasteiger partial charge is 0.436 e. The van der Waals surface area contributed by atoms with Gasteiger partial charge in [0, 0.05) is 27.8 Å². The summed E-state index contributed by atoms with van der Waals surface area (Å²) in [7, 11) is 0. The molecule has 0 N–H and O–H groups in total. The summed E-state index contributed by atoms with van der Waals surface area (Å²) >= 11 is 0. The van der Waals surface area contributed by atoms with Crippen molar-refractivity contribution in [1.29, 1.82) is 0 Å². The summed E-state index contributed by atoms with van der Waals surface area (Å²) in [5.74, 6) is 2.63. The van der Waals surface area contributed by atoms with Gasteiger partial charge in [-0.3, -0.25) is 0 Å². The standard InChI is InChI=1S/C40H24N6O2/c1-2-9-25(10-3-1)30-13-8-14-33(41-30)38-45-36(26-17-21-28(22-18-26)39-42-31-11-4-6-15-34(31)47-39)44-37(46-38)27-19-23-29(24-20-27)40-43-32-12-5-7-16-35(32)48-40/h1-24H. The zero-order valence-corrected chi connectivity index (χ0v) is 25.4. The highest BCUT2D eigenvalue weighted by Crippen LogP contribution is 2.30. The first kappa shape index (κ1) is 27.5. The van der Waals surface area contributed by atoms with Gasteiger partial charge >= 0.3 is 0 Å². The predicted octanol–water partition coefficient (Wildman–Crippen LogP) is 9.55. The van der Waals surface area contributed by atoms with Gasteiger partial charge in [-0.25, -0.2) is 29.9 Å². The zero-order chi connectivity index (χ0) is 31.9. The smallest absolute Gasteiger partial charge is 0.227 e. The van der Waals surface area contributed by atoms with Gasteiger partial charge in [0.2, 0.25) is 11.8 Å². The fourth-order valence-electron chi connectivity index (χ4n) is 5.59. The Labute approximate surface area is 274 Å². The maximum atomic E-state index is 5.99. The molecule has 0 saturated heterocycles. The van der Waals surface area contributed by atoms with Crippen LogP contribution in [0, 0.1) is 0 Å². The first-order valence-corrected chi connectivity index (χ1v) is 15.5. The third-order valence-electron chi connectivity index (χ3n) is 8.05. The van der Waals surface area contributed by atoms with Gasteiger partial charge in [0.25, 0.3) is 0 Å². The lowest BCUT2D eigenvalue weighted by Gasteiger charge is -2.09. The van der Waals surface area contributed by atoms with Crippen molar-refractivity contribution >= 4 is 22.2 Å². The predicted molar refractivity (Wildman–Crippen MR) is 185 cm³/mol. The molecule has 0 aliphatic carbocycles. The minimum atomic E-state index is 0.471. The van der Waals surface area contributed by atoms with Crippen LogP contribution in [0.4, 0.5) is 0 Å². The van der Waals surface area contributed by atoms with Gasteiger partial charge < -0.3 is 8.83 Å². The second kappa shape index (κ2) is 11.5. The Morgan fingerprint density at radius 1 is 0.292 bits per heavy atom. The molecule has 0 aliphatic rings. The van der Waals surface area contributed by atoms with Crippen LogP contribution in [-0.4, -0.2) is 29.9 Å². The second-order valence-corrected chi connectivity index (χ2v) is 11.2. The molecule has 0 unspecified atom stereocenters. The van der Waals surface area contributed by atoms with Crippen LogP contribution in [0.3, 0.4) is 0 Å². The minimum absolute atomic E-state index is 0.471. The SMILES string of the molecule is c1ccc(-c2cccc(-c3nc(-c4ccc(-c5nc6ccccc6o5)cc4)nc(-c4ccc(-c5nc6ccccc6o5)cc4)n3)n2)cc1. The van der Waals surface area contributed by atoms with E-state index in [9.17, 15) is 0 Å². The van der Waals surface area contributed by atoms with Crippen molar-refractivity contribution in [3.63, 3.8) is 0 Å². The van der Waals surface area contributed by atoms with Crippen LogP contribution >= 0.6 is 0 Å². The van der Waals surface area contributed by atoms with E-state index in [4.69, 9.17) is 28.8 Å². The van der Waals surface area contributed by atoms with Crippen molar-refractivity contribution in [3.05, 3.63) is 146 Å². The van der Waals surface area contributed by atoms with Gasteiger partial charge in [0.15, 0.2) is 28.6 Å². The van der Waals surface area contributed by atoms with Crippen LogP contribution in [0.25, 0.3) is 90.7 Å². The van der Waals surface area contributed by atoms with E-state index in [0.717, 1.165) is 55.7 Å². The lowest BCUT2D eigenvalue weighted by atomic mass is 10.1. The average Bonchev–Trinajstić information content (AvgIpc) is 3.80. The van der Waals surface area contributed by atoms with Crippen LogP contribution in [0.2, 0.25) is 0 Å². The molecule has 0 aliphatic heterocycles. The molecule has 0 radical (unpaired) electrons. The van der Waals surface area contributed by atoms with E-state index in [0.29, 0.717) is 34.9 Å². The van der Waals surface area contributed by atoms with Crippen molar-refractivity contribution in [2.75, 3.05) is 0 Å². The number of hydrogen-bond acceptors (Lipinski definition) is 8. The maximum Gasteiger partial charge on any atom is 0.227 e. The summed E-state index contributed by atoms with van der Waals surface area (Å²) in [6, 6.07) is 47.1. The third kappa shape index (κ3) is 5.17. The number of oxazole rings is 2. The van der Waals surface area contributed by atoms with Gasteiger partial charge in [-0.15, -0.1) is 0 Å². The molecule has 0 spiro atoms.